The lowest BCUT2D eigenvalue weighted by atomic mass is 10.3. The first kappa shape index (κ1) is 13.2. The summed E-state index contributed by atoms with van der Waals surface area (Å²) < 4.78 is 40.3. The third kappa shape index (κ3) is 2.62. The van der Waals surface area contributed by atoms with Gasteiger partial charge >= 0.3 is 0 Å². The highest BCUT2D eigenvalue weighted by Crippen LogP contribution is 2.28. The van der Waals surface area contributed by atoms with Crippen LogP contribution in [0.5, 0.6) is 0 Å². The Hall–Kier alpha value is -1.19. The second kappa shape index (κ2) is 4.82. The lowest BCUT2D eigenvalue weighted by Gasteiger charge is -2.08. The summed E-state index contributed by atoms with van der Waals surface area (Å²) in [6, 6.07) is 3.68. The van der Waals surface area contributed by atoms with E-state index in [1.807, 2.05) is 0 Å². The molecule has 0 bridgehead atoms. The van der Waals surface area contributed by atoms with Gasteiger partial charge in [0.05, 0.1) is 15.7 Å². The van der Waals surface area contributed by atoms with Crippen LogP contribution in [0.4, 0.5) is 15.2 Å². The fourth-order valence-electron chi connectivity index (χ4n) is 1.28. The Morgan fingerprint density at radius 3 is 2.72 bits per heavy atom. The molecule has 0 amide bonds. The van der Waals surface area contributed by atoms with Crippen molar-refractivity contribution in [3.63, 3.8) is 0 Å². The number of halogens is 2. The predicted molar refractivity (Wildman–Crippen MR) is 71.4 cm³/mol. The first-order valence-electron chi connectivity index (χ1n) is 4.58. The van der Waals surface area contributed by atoms with Crippen LogP contribution in [0.1, 0.15) is 0 Å². The standard InChI is InChI=1S/C9H7BrFN3O2S2/c10-7-4-13-9(17-7)14-18(15,16)8-5(11)2-1-3-6(8)12/h1-4H,12H2,(H,13,14). The monoisotopic (exact) mass is 351 g/mol. The van der Waals surface area contributed by atoms with Crippen molar-refractivity contribution >= 4 is 48.1 Å². The van der Waals surface area contributed by atoms with Gasteiger partial charge in [0, 0.05) is 0 Å². The summed E-state index contributed by atoms with van der Waals surface area (Å²) >= 11 is 4.22. The number of nitrogens with one attached hydrogen (secondary N) is 1. The highest BCUT2D eigenvalue weighted by molar-refractivity contribution is 9.11. The molecule has 1 aromatic heterocycles. The topological polar surface area (TPSA) is 85.1 Å². The van der Waals surface area contributed by atoms with E-state index < -0.39 is 20.7 Å². The van der Waals surface area contributed by atoms with Gasteiger partial charge in [-0.25, -0.2) is 17.8 Å². The quantitative estimate of drug-likeness (QED) is 0.831. The molecule has 2 aromatic rings. The maximum atomic E-state index is 13.5. The van der Waals surface area contributed by atoms with Gasteiger partial charge in [-0.15, -0.1) is 0 Å². The Morgan fingerprint density at radius 2 is 2.17 bits per heavy atom. The molecular weight excluding hydrogens is 345 g/mol. The van der Waals surface area contributed by atoms with E-state index in [9.17, 15) is 12.8 Å². The zero-order valence-corrected chi connectivity index (χ0v) is 11.9. The maximum absolute atomic E-state index is 13.5. The van der Waals surface area contributed by atoms with Crippen molar-refractivity contribution in [1.82, 2.24) is 4.98 Å². The van der Waals surface area contributed by atoms with Gasteiger partial charge in [0.15, 0.2) is 5.13 Å². The van der Waals surface area contributed by atoms with Crippen LogP contribution in [0.2, 0.25) is 0 Å². The molecule has 0 unspecified atom stereocenters. The molecule has 0 aliphatic rings. The van der Waals surface area contributed by atoms with E-state index in [4.69, 9.17) is 5.73 Å². The Balaban J connectivity index is 2.43. The normalized spacial score (nSPS) is 11.4. The van der Waals surface area contributed by atoms with E-state index in [2.05, 4.69) is 25.6 Å². The van der Waals surface area contributed by atoms with E-state index in [1.54, 1.807) is 0 Å². The third-order valence-corrected chi connectivity index (χ3v) is 4.92. The van der Waals surface area contributed by atoms with E-state index in [0.29, 0.717) is 3.79 Å². The molecule has 96 valence electrons. The molecule has 0 atom stereocenters. The van der Waals surface area contributed by atoms with Crippen LogP contribution in [0.3, 0.4) is 0 Å². The number of nitrogens with zero attached hydrogens (tertiary/aromatic N) is 1. The largest absolute Gasteiger partial charge is 0.398 e. The highest BCUT2D eigenvalue weighted by atomic mass is 79.9. The van der Waals surface area contributed by atoms with Crippen molar-refractivity contribution in [3.8, 4) is 0 Å². The molecule has 0 spiro atoms. The highest BCUT2D eigenvalue weighted by Gasteiger charge is 2.23. The average Bonchev–Trinajstić information content (AvgIpc) is 2.62. The van der Waals surface area contributed by atoms with Crippen molar-refractivity contribution < 1.29 is 12.8 Å². The molecule has 5 nitrogen and oxygen atoms in total. The molecule has 0 saturated heterocycles. The van der Waals surface area contributed by atoms with Crippen LogP contribution in [0.15, 0.2) is 33.1 Å². The summed E-state index contributed by atoms with van der Waals surface area (Å²) in [5, 5.41) is 0.129. The number of sulfonamides is 1. The molecular formula is C9H7BrFN3O2S2. The Labute approximate surface area is 115 Å². The molecule has 3 N–H and O–H groups in total. The number of benzene rings is 1. The second-order valence-electron chi connectivity index (χ2n) is 3.23. The average molecular weight is 352 g/mol. The van der Waals surface area contributed by atoms with E-state index in [-0.39, 0.29) is 10.8 Å². The summed E-state index contributed by atoms with van der Waals surface area (Å²) in [4.78, 5) is 3.23. The summed E-state index contributed by atoms with van der Waals surface area (Å²) in [6.07, 6.45) is 1.44. The fraction of sp³-hybridized carbons (Fsp3) is 0. The van der Waals surface area contributed by atoms with E-state index in [1.165, 1.54) is 18.3 Å². The smallest absolute Gasteiger partial charge is 0.268 e. The second-order valence-corrected chi connectivity index (χ2v) is 7.26. The van der Waals surface area contributed by atoms with Gasteiger partial charge in [-0.3, -0.25) is 4.72 Å². The third-order valence-electron chi connectivity index (χ3n) is 1.97. The van der Waals surface area contributed by atoms with Crippen molar-refractivity contribution in [1.29, 1.82) is 0 Å². The maximum Gasteiger partial charge on any atom is 0.268 e. The SMILES string of the molecule is Nc1cccc(F)c1S(=O)(=O)Nc1ncc(Br)s1. The van der Waals surface area contributed by atoms with Crippen LogP contribution < -0.4 is 10.5 Å². The van der Waals surface area contributed by atoms with E-state index >= 15 is 0 Å². The summed E-state index contributed by atoms with van der Waals surface area (Å²) in [5.74, 6) is -0.905. The Kier molecular flexibility index (Phi) is 3.55. The van der Waals surface area contributed by atoms with Crippen molar-refractivity contribution in [3.05, 3.63) is 34.0 Å². The van der Waals surface area contributed by atoms with Crippen LogP contribution in [-0.2, 0) is 10.0 Å². The predicted octanol–water partition coefficient (Wildman–Crippen LogP) is 2.43. The minimum absolute atomic E-state index is 0.129. The number of nitrogen functional groups attached to an aromatic ring is 1. The number of nitrogens with two attached hydrogens (primary N) is 1. The van der Waals surface area contributed by atoms with Gasteiger partial charge in [0.25, 0.3) is 10.0 Å². The first-order chi connectivity index (χ1) is 8.40. The zero-order valence-electron chi connectivity index (χ0n) is 8.72. The van der Waals surface area contributed by atoms with Gasteiger partial charge in [-0.2, -0.15) is 0 Å². The number of aromatic nitrogens is 1. The molecule has 0 aliphatic heterocycles. The molecule has 0 aliphatic carbocycles. The van der Waals surface area contributed by atoms with Crippen molar-refractivity contribution in [2.24, 2.45) is 0 Å². The molecule has 0 fully saturated rings. The molecule has 18 heavy (non-hydrogen) atoms. The molecule has 0 radical (unpaired) electrons. The summed E-state index contributed by atoms with van der Waals surface area (Å²) in [5.41, 5.74) is 5.33. The fourth-order valence-corrected chi connectivity index (χ4v) is 3.82. The van der Waals surface area contributed by atoms with Crippen LogP contribution in [0.25, 0.3) is 0 Å². The minimum atomic E-state index is -4.08. The number of hydrogen-bond donors (Lipinski definition) is 2. The molecule has 1 heterocycles. The van der Waals surface area contributed by atoms with Crippen LogP contribution >= 0.6 is 27.3 Å². The number of thiazole rings is 1. The Morgan fingerprint density at radius 1 is 1.44 bits per heavy atom. The van der Waals surface area contributed by atoms with Crippen molar-refractivity contribution in [2.45, 2.75) is 4.90 Å². The molecule has 0 saturated carbocycles. The van der Waals surface area contributed by atoms with Crippen molar-refractivity contribution in [2.75, 3.05) is 10.5 Å². The summed E-state index contributed by atoms with van der Waals surface area (Å²) in [6.45, 7) is 0. The van der Waals surface area contributed by atoms with E-state index in [0.717, 1.165) is 17.4 Å². The van der Waals surface area contributed by atoms with Crippen LogP contribution in [0, 0.1) is 5.82 Å². The van der Waals surface area contributed by atoms with Crippen LogP contribution in [-0.4, -0.2) is 13.4 Å². The van der Waals surface area contributed by atoms with Gasteiger partial charge in [0.1, 0.15) is 10.7 Å². The molecule has 2 rings (SSSR count). The number of rotatable bonds is 3. The van der Waals surface area contributed by atoms with Gasteiger partial charge in [-0.1, -0.05) is 17.4 Å². The first-order valence-corrected chi connectivity index (χ1v) is 7.67. The zero-order chi connectivity index (χ0) is 13.3. The van der Waals surface area contributed by atoms with Gasteiger partial charge in [-0.05, 0) is 28.1 Å². The Bertz CT molecular complexity index is 667. The number of anilines is 2. The number of hydrogen-bond acceptors (Lipinski definition) is 5. The minimum Gasteiger partial charge on any atom is -0.398 e. The molecule has 9 heteroatoms. The summed E-state index contributed by atoms with van der Waals surface area (Å²) in [7, 11) is -4.08. The lowest BCUT2D eigenvalue weighted by molar-refractivity contribution is 0.572. The molecule has 1 aromatic carbocycles. The van der Waals surface area contributed by atoms with Gasteiger partial charge in [0.2, 0.25) is 0 Å². The lowest BCUT2D eigenvalue weighted by Crippen LogP contribution is -2.16. The van der Waals surface area contributed by atoms with Gasteiger partial charge < -0.3 is 5.73 Å².